The molecule has 2 unspecified atom stereocenters. The fourth-order valence-electron chi connectivity index (χ4n) is 1.24. The summed E-state index contributed by atoms with van der Waals surface area (Å²) in [5.41, 5.74) is 0.0179. The maximum atomic E-state index is 12.9. The zero-order valence-corrected chi connectivity index (χ0v) is 9.41. The lowest BCUT2D eigenvalue weighted by atomic mass is 10.1. The largest absolute Gasteiger partial charge is 0.490 e. The molecule has 0 heterocycles. The Morgan fingerprint density at radius 2 is 1.89 bits per heavy atom. The smallest absolute Gasteiger partial charge is 0.417 e. The number of halogens is 4. The normalized spacial score (nSPS) is 15.3. The summed E-state index contributed by atoms with van der Waals surface area (Å²) in [7, 11) is 0. The maximum absolute atomic E-state index is 12.9. The molecule has 0 aromatic heterocycles. The number of alkyl halides is 3. The van der Waals surface area contributed by atoms with Gasteiger partial charge in [-0.25, -0.2) is 4.39 Å². The van der Waals surface area contributed by atoms with E-state index < -0.39 is 30.8 Å². The van der Waals surface area contributed by atoms with Gasteiger partial charge in [0.2, 0.25) is 0 Å². The molecule has 0 radical (unpaired) electrons. The van der Waals surface area contributed by atoms with Crippen molar-refractivity contribution in [2.45, 2.75) is 25.3 Å². The van der Waals surface area contributed by atoms with E-state index in [1.165, 1.54) is 6.92 Å². The summed E-state index contributed by atoms with van der Waals surface area (Å²) in [6.07, 6.45) is -8.52. The first-order valence-corrected chi connectivity index (χ1v) is 5.07. The van der Waals surface area contributed by atoms with Gasteiger partial charge in [0.25, 0.3) is 0 Å². The fraction of sp³-hybridized carbons (Fsp3) is 0.455. The molecule has 2 atom stereocenters. The van der Waals surface area contributed by atoms with Gasteiger partial charge in [0.05, 0.1) is 6.10 Å². The van der Waals surface area contributed by atoms with Crippen molar-refractivity contribution in [3.05, 3.63) is 29.6 Å². The highest BCUT2D eigenvalue weighted by Crippen LogP contribution is 2.27. The molecular weight excluding hydrogens is 256 g/mol. The number of ether oxygens (including phenoxy) is 1. The molecule has 18 heavy (non-hydrogen) atoms. The number of hydrogen-bond donors (Lipinski definition) is 2. The summed E-state index contributed by atoms with van der Waals surface area (Å²) >= 11 is 0. The molecule has 0 saturated heterocycles. The molecule has 102 valence electrons. The van der Waals surface area contributed by atoms with Crippen LogP contribution in [-0.2, 0) is 0 Å². The van der Waals surface area contributed by atoms with Crippen LogP contribution in [0.15, 0.2) is 18.2 Å². The van der Waals surface area contributed by atoms with Gasteiger partial charge in [-0.2, -0.15) is 13.2 Å². The van der Waals surface area contributed by atoms with E-state index in [1.807, 2.05) is 0 Å². The van der Waals surface area contributed by atoms with Crippen LogP contribution in [0.3, 0.4) is 0 Å². The van der Waals surface area contributed by atoms with Crippen LogP contribution in [0.2, 0.25) is 0 Å². The molecule has 0 aliphatic rings. The van der Waals surface area contributed by atoms with Gasteiger partial charge >= 0.3 is 6.18 Å². The monoisotopic (exact) mass is 268 g/mol. The van der Waals surface area contributed by atoms with Gasteiger partial charge in [0, 0.05) is 5.56 Å². The minimum atomic E-state index is -4.79. The van der Waals surface area contributed by atoms with E-state index in [1.54, 1.807) is 0 Å². The van der Waals surface area contributed by atoms with Gasteiger partial charge in [-0.15, -0.1) is 0 Å². The van der Waals surface area contributed by atoms with E-state index in [4.69, 9.17) is 9.84 Å². The van der Waals surface area contributed by atoms with E-state index in [9.17, 15) is 22.7 Å². The summed E-state index contributed by atoms with van der Waals surface area (Å²) in [4.78, 5) is 0. The summed E-state index contributed by atoms with van der Waals surface area (Å²) in [6, 6.07) is 3.04. The predicted octanol–water partition coefficient (Wildman–Crippen LogP) is 2.18. The van der Waals surface area contributed by atoms with Crippen molar-refractivity contribution in [1.82, 2.24) is 0 Å². The fourth-order valence-corrected chi connectivity index (χ4v) is 1.24. The number of benzene rings is 1. The lowest BCUT2D eigenvalue weighted by Gasteiger charge is -2.18. The molecule has 0 aliphatic carbocycles. The standard InChI is InChI=1S/C11H12F4O3/c1-6(16)8-4-7(12)2-3-9(8)18-5-10(17)11(13,14)15/h2-4,6,10,16-17H,5H2,1H3. The molecule has 0 aliphatic heterocycles. The minimum Gasteiger partial charge on any atom is -0.490 e. The van der Waals surface area contributed by atoms with Crippen LogP contribution in [0, 0.1) is 5.82 Å². The number of hydrogen-bond acceptors (Lipinski definition) is 3. The highest BCUT2D eigenvalue weighted by Gasteiger charge is 2.38. The topological polar surface area (TPSA) is 49.7 Å². The highest BCUT2D eigenvalue weighted by molar-refractivity contribution is 5.35. The molecule has 3 nitrogen and oxygen atoms in total. The van der Waals surface area contributed by atoms with Crippen LogP contribution in [0.4, 0.5) is 17.6 Å². The number of rotatable bonds is 4. The second-order valence-corrected chi connectivity index (χ2v) is 3.73. The van der Waals surface area contributed by atoms with Crippen LogP contribution in [0.5, 0.6) is 5.75 Å². The minimum absolute atomic E-state index is 0.0179. The van der Waals surface area contributed by atoms with Crippen molar-refractivity contribution in [1.29, 1.82) is 0 Å². The van der Waals surface area contributed by atoms with Crippen molar-refractivity contribution >= 4 is 0 Å². The lowest BCUT2D eigenvalue weighted by molar-refractivity contribution is -0.210. The van der Waals surface area contributed by atoms with Gasteiger partial charge in [-0.05, 0) is 25.1 Å². The molecule has 0 spiro atoms. The third kappa shape index (κ3) is 3.85. The van der Waals surface area contributed by atoms with Crippen molar-refractivity contribution < 1.29 is 32.5 Å². The van der Waals surface area contributed by atoms with E-state index >= 15 is 0 Å². The maximum Gasteiger partial charge on any atom is 0.417 e. The van der Waals surface area contributed by atoms with Crippen LogP contribution in [-0.4, -0.2) is 29.1 Å². The Kier molecular flexibility index (Phi) is 4.53. The van der Waals surface area contributed by atoms with Crippen LogP contribution >= 0.6 is 0 Å². The molecule has 0 saturated carbocycles. The van der Waals surface area contributed by atoms with Crippen molar-refractivity contribution in [3.8, 4) is 5.75 Å². The lowest BCUT2D eigenvalue weighted by Crippen LogP contribution is -2.34. The van der Waals surface area contributed by atoms with Crippen LogP contribution in [0.25, 0.3) is 0 Å². The third-order valence-corrected chi connectivity index (χ3v) is 2.20. The Labute approximate surface area is 101 Å². The zero-order chi connectivity index (χ0) is 13.9. The number of aliphatic hydroxyl groups is 2. The average Bonchev–Trinajstić information content (AvgIpc) is 2.25. The molecule has 0 fully saturated rings. The molecule has 1 aromatic rings. The van der Waals surface area contributed by atoms with E-state index in [0.717, 1.165) is 18.2 Å². The number of aliphatic hydroxyl groups excluding tert-OH is 2. The molecular formula is C11H12F4O3. The molecule has 2 N–H and O–H groups in total. The Morgan fingerprint density at radius 3 is 2.39 bits per heavy atom. The Bertz CT molecular complexity index is 404. The van der Waals surface area contributed by atoms with Gasteiger partial charge in [0.15, 0.2) is 6.10 Å². The zero-order valence-electron chi connectivity index (χ0n) is 9.41. The average molecular weight is 268 g/mol. The first-order valence-electron chi connectivity index (χ1n) is 5.07. The summed E-state index contributed by atoms with van der Waals surface area (Å²) < 4.78 is 53.8. The van der Waals surface area contributed by atoms with Gasteiger partial charge < -0.3 is 14.9 Å². The Balaban J connectivity index is 2.79. The second-order valence-electron chi connectivity index (χ2n) is 3.73. The van der Waals surface area contributed by atoms with Crippen molar-refractivity contribution in [3.63, 3.8) is 0 Å². The quantitative estimate of drug-likeness (QED) is 0.823. The molecule has 1 rings (SSSR count). The van der Waals surface area contributed by atoms with Crippen LogP contribution < -0.4 is 4.74 Å². The van der Waals surface area contributed by atoms with E-state index in [0.29, 0.717) is 0 Å². The van der Waals surface area contributed by atoms with Crippen molar-refractivity contribution in [2.75, 3.05) is 6.61 Å². The highest BCUT2D eigenvalue weighted by atomic mass is 19.4. The van der Waals surface area contributed by atoms with Crippen molar-refractivity contribution in [2.24, 2.45) is 0 Å². The third-order valence-electron chi connectivity index (χ3n) is 2.20. The van der Waals surface area contributed by atoms with Gasteiger partial charge in [-0.3, -0.25) is 0 Å². The molecule has 7 heteroatoms. The van der Waals surface area contributed by atoms with E-state index in [2.05, 4.69) is 0 Å². The summed E-state index contributed by atoms with van der Waals surface area (Å²) in [5.74, 6) is -0.746. The molecule has 0 bridgehead atoms. The first-order chi connectivity index (χ1) is 8.21. The van der Waals surface area contributed by atoms with Gasteiger partial charge in [-0.1, -0.05) is 0 Å². The predicted molar refractivity (Wildman–Crippen MR) is 54.6 cm³/mol. The summed E-state index contributed by atoms with van der Waals surface area (Å²) in [5, 5.41) is 18.1. The summed E-state index contributed by atoms with van der Waals surface area (Å²) in [6.45, 7) is 0.302. The Hall–Kier alpha value is -1.34. The molecule has 0 amide bonds. The molecule has 1 aromatic carbocycles. The Morgan fingerprint density at radius 1 is 1.28 bits per heavy atom. The SMILES string of the molecule is CC(O)c1cc(F)ccc1OCC(O)C(F)(F)F. The van der Waals surface area contributed by atoms with Gasteiger partial charge in [0.1, 0.15) is 18.2 Å². The second kappa shape index (κ2) is 5.53. The van der Waals surface area contributed by atoms with E-state index in [-0.39, 0.29) is 11.3 Å². The van der Waals surface area contributed by atoms with Crippen LogP contribution in [0.1, 0.15) is 18.6 Å². The first kappa shape index (κ1) is 14.7.